The largest absolute Gasteiger partial charge is 0.361 e. The molecule has 0 saturated heterocycles. The highest BCUT2D eigenvalue weighted by Crippen LogP contribution is 2.21. The number of aromatic amines is 1. The number of hydrogen-bond donors (Lipinski definition) is 3. The Labute approximate surface area is 134 Å². The van der Waals surface area contributed by atoms with E-state index in [-0.39, 0.29) is 0 Å². The Morgan fingerprint density at radius 1 is 1.00 bits per heavy atom. The molecule has 0 atom stereocenters. The molecule has 0 fully saturated rings. The second-order valence-electron chi connectivity index (χ2n) is 6.22. The molecule has 3 N–H and O–H groups in total. The quantitative estimate of drug-likeness (QED) is 0.405. The van der Waals surface area contributed by atoms with Gasteiger partial charge in [0, 0.05) is 23.6 Å². The van der Waals surface area contributed by atoms with Gasteiger partial charge in [0.25, 0.3) is 0 Å². The molecule has 1 aromatic heterocycles. The average Bonchev–Trinajstić information content (AvgIpc) is 2.94. The molecular formula is C19H30N2O. The SMILES string of the molecule is CCCCCCCCCc1ccc2[nH]cc(CCNO)c2c1. The molecule has 0 amide bonds. The fourth-order valence-electron chi connectivity index (χ4n) is 3.06. The topological polar surface area (TPSA) is 48.0 Å². The van der Waals surface area contributed by atoms with Crippen LogP contribution in [0.4, 0.5) is 0 Å². The third-order valence-electron chi connectivity index (χ3n) is 4.41. The first-order chi connectivity index (χ1) is 10.8. The Morgan fingerprint density at radius 3 is 2.55 bits per heavy atom. The predicted molar refractivity (Wildman–Crippen MR) is 93.5 cm³/mol. The van der Waals surface area contributed by atoms with Gasteiger partial charge in [-0.05, 0) is 42.5 Å². The van der Waals surface area contributed by atoms with E-state index in [0.29, 0.717) is 6.54 Å². The highest BCUT2D eigenvalue weighted by atomic mass is 16.5. The summed E-state index contributed by atoms with van der Waals surface area (Å²) in [5, 5.41) is 10.1. The molecule has 3 nitrogen and oxygen atoms in total. The molecule has 0 radical (unpaired) electrons. The Bertz CT molecular complexity index is 547. The zero-order valence-electron chi connectivity index (χ0n) is 13.8. The van der Waals surface area contributed by atoms with E-state index in [1.54, 1.807) is 0 Å². The molecule has 0 unspecified atom stereocenters. The van der Waals surface area contributed by atoms with Crippen LogP contribution in [0.1, 0.15) is 63.0 Å². The van der Waals surface area contributed by atoms with Gasteiger partial charge in [-0.15, -0.1) is 0 Å². The first-order valence-electron chi connectivity index (χ1n) is 8.81. The smallest absolute Gasteiger partial charge is 0.0456 e. The van der Waals surface area contributed by atoms with E-state index in [1.807, 2.05) is 0 Å². The van der Waals surface area contributed by atoms with E-state index >= 15 is 0 Å². The maximum atomic E-state index is 8.75. The van der Waals surface area contributed by atoms with Crippen molar-refractivity contribution in [1.82, 2.24) is 10.5 Å². The van der Waals surface area contributed by atoms with E-state index in [2.05, 4.69) is 41.8 Å². The summed E-state index contributed by atoms with van der Waals surface area (Å²) in [7, 11) is 0. The summed E-state index contributed by atoms with van der Waals surface area (Å²) in [6.45, 7) is 2.86. The van der Waals surface area contributed by atoms with Crippen LogP contribution in [0.5, 0.6) is 0 Å². The fraction of sp³-hybridized carbons (Fsp3) is 0.579. The average molecular weight is 302 g/mol. The van der Waals surface area contributed by atoms with Gasteiger partial charge in [-0.25, -0.2) is 5.48 Å². The standard InChI is InChI=1S/C19H30N2O/c1-2-3-4-5-6-7-8-9-16-10-11-19-18(14-16)17(15-20-19)12-13-21-22/h10-11,14-15,20-22H,2-9,12-13H2,1H3. The molecule has 2 rings (SSSR count). The van der Waals surface area contributed by atoms with Crippen molar-refractivity contribution in [2.24, 2.45) is 0 Å². The van der Waals surface area contributed by atoms with Gasteiger partial charge >= 0.3 is 0 Å². The number of nitrogens with one attached hydrogen (secondary N) is 2. The molecule has 122 valence electrons. The summed E-state index contributed by atoms with van der Waals surface area (Å²) in [6.07, 6.45) is 13.6. The number of hydroxylamine groups is 1. The van der Waals surface area contributed by atoms with Crippen LogP contribution >= 0.6 is 0 Å². The van der Waals surface area contributed by atoms with Crippen molar-refractivity contribution >= 4 is 10.9 Å². The fourth-order valence-corrected chi connectivity index (χ4v) is 3.06. The summed E-state index contributed by atoms with van der Waals surface area (Å²) in [6, 6.07) is 6.74. The van der Waals surface area contributed by atoms with E-state index in [1.165, 1.54) is 73.4 Å². The van der Waals surface area contributed by atoms with Crippen molar-refractivity contribution in [3.8, 4) is 0 Å². The molecule has 0 aliphatic carbocycles. The minimum atomic E-state index is 0.592. The van der Waals surface area contributed by atoms with Crippen molar-refractivity contribution in [2.75, 3.05) is 6.54 Å². The van der Waals surface area contributed by atoms with Crippen molar-refractivity contribution in [2.45, 2.75) is 64.7 Å². The molecule has 22 heavy (non-hydrogen) atoms. The molecule has 0 bridgehead atoms. The highest BCUT2D eigenvalue weighted by Gasteiger charge is 2.04. The number of benzene rings is 1. The molecular weight excluding hydrogens is 272 g/mol. The lowest BCUT2D eigenvalue weighted by molar-refractivity contribution is 0.168. The number of rotatable bonds is 11. The number of aryl methyl sites for hydroxylation is 1. The number of hydrogen-bond acceptors (Lipinski definition) is 2. The van der Waals surface area contributed by atoms with Gasteiger partial charge in [0.05, 0.1) is 0 Å². The summed E-state index contributed by atoms with van der Waals surface area (Å²) in [5.41, 5.74) is 6.13. The number of fused-ring (bicyclic) bond motifs is 1. The molecule has 2 aromatic rings. The summed E-state index contributed by atoms with van der Waals surface area (Å²) in [5.74, 6) is 0. The zero-order valence-corrected chi connectivity index (χ0v) is 13.8. The maximum absolute atomic E-state index is 8.75. The van der Waals surface area contributed by atoms with Gasteiger partial charge in [0.1, 0.15) is 0 Å². The van der Waals surface area contributed by atoms with Crippen LogP contribution in [0.15, 0.2) is 24.4 Å². The molecule has 0 spiro atoms. The van der Waals surface area contributed by atoms with E-state index < -0.39 is 0 Å². The van der Waals surface area contributed by atoms with Crippen molar-refractivity contribution in [1.29, 1.82) is 0 Å². The minimum Gasteiger partial charge on any atom is -0.361 e. The van der Waals surface area contributed by atoms with Crippen molar-refractivity contribution in [3.05, 3.63) is 35.5 Å². The summed E-state index contributed by atoms with van der Waals surface area (Å²) >= 11 is 0. The van der Waals surface area contributed by atoms with Crippen molar-refractivity contribution < 1.29 is 5.21 Å². The number of aromatic nitrogens is 1. The first-order valence-corrected chi connectivity index (χ1v) is 8.81. The van der Waals surface area contributed by atoms with Crippen LogP contribution in [-0.4, -0.2) is 16.7 Å². The molecule has 1 heterocycles. The van der Waals surface area contributed by atoms with Crippen LogP contribution < -0.4 is 5.48 Å². The maximum Gasteiger partial charge on any atom is 0.0456 e. The Morgan fingerprint density at radius 2 is 1.77 bits per heavy atom. The lowest BCUT2D eigenvalue weighted by Crippen LogP contribution is -2.10. The van der Waals surface area contributed by atoms with E-state index in [4.69, 9.17) is 5.21 Å². The van der Waals surface area contributed by atoms with Crippen LogP contribution in [0.3, 0.4) is 0 Å². The summed E-state index contributed by atoms with van der Waals surface area (Å²) in [4.78, 5) is 3.31. The third-order valence-corrected chi connectivity index (χ3v) is 4.41. The van der Waals surface area contributed by atoms with Gasteiger partial charge in [0.15, 0.2) is 0 Å². The van der Waals surface area contributed by atoms with E-state index in [9.17, 15) is 0 Å². The first kappa shape index (κ1) is 17.0. The van der Waals surface area contributed by atoms with Gasteiger partial charge < -0.3 is 10.2 Å². The van der Waals surface area contributed by atoms with Gasteiger partial charge in [-0.2, -0.15) is 0 Å². The number of unbranched alkanes of at least 4 members (excludes halogenated alkanes) is 6. The predicted octanol–water partition coefficient (Wildman–Crippen LogP) is 4.98. The molecule has 1 aromatic carbocycles. The van der Waals surface area contributed by atoms with Crippen LogP contribution in [0.2, 0.25) is 0 Å². The number of H-pyrrole nitrogens is 1. The monoisotopic (exact) mass is 302 g/mol. The second kappa shape index (κ2) is 9.65. The normalized spacial score (nSPS) is 11.4. The lowest BCUT2D eigenvalue weighted by atomic mass is 10.0. The van der Waals surface area contributed by atoms with E-state index in [0.717, 1.165) is 6.42 Å². The Balaban J connectivity index is 1.81. The van der Waals surface area contributed by atoms with Crippen molar-refractivity contribution in [3.63, 3.8) is 0 Å². The third kappa shape index (κ3) is 5.15. The van der Waals surface area contributed by atoms with Crippen LogP contribution in [-0.2, 0) is 12.8 Å². The minimum absolute atomic E-state index is 0.592. The highest BCUT2D eigenvalue weighted by molar-refractivity contribution is 5.83. The van der Waals surface area contributed by atoms with Crippen LogP contribution in [0, 0.1) is 0 Å². The molecule has 0 aliphatic heterocycles. The second-order valence-corrected chi connectivity index (χ2v) is 6.22. The Hall–Kier alpha value is -1.32. The van der Waals surface area contributed by atoms with Gasteiger partial charge in [0.2, 0.25) is 0 Å². The van der Waals surface area contributed by atoms with Crippen LogP contribution in [0.25, 0.3) is 10.9 Å². The van der Waals surface area contributed by atoms with Gasteiger partial charge in [-0.1, -0.05) is 51.5 Å². The lowest BCUT2D eigenvalue weighted by Gasteiger charge is -2.04. The van der Waals surface area contributed by atoms with Gasteiger partial charge in [-0.3, -0.25) is 0 Å². The molecule has 3 heteroatoms. The molecule has 0 saturated carbocycles. The zero-order chi connectivity index (χ0) is 15.6. The summed E-state index contributed by atoms with van der Waals surface area (Å²) < 4.78 is 0. The molecule has 0 aliphatic rings. The Kier molecular flexibility index (Phi) is 7.47.